The smallest absolute Gasteiger partial charge is 0.267 e. The first kappa shape index (κ1) is 20.5. The van der Waals surface area contributed by atoms with Crippen molar-refractivity contribution >= 4 is 22.6 Å². The lowest BCUT2D eigenvalue weighted by atomic mass is 9.95. The highest BCUT2D eigenvalue weighted by Gasteiger charge is 2.30. The molecule has 2 aromatic heterocycles. The molecule has 2 aliphatic rings. The highest BCUT2D eigenvalue weighted by Crippen LogP contribution is 2.41. The van der Waals surface area contributed by atoms with Crippen molar-refractivity contribution < 1.29 is 9.53 Å². The highest BCUT2D eigenvalue weighted by atomic mass is 16.5. The predicted octanol–water partition coefficient (Wildman–Crippen LogP) is 3.20. The van der Waals surface area contributed by atoms with Crippen molar-refractivity contribution in [2.24, 2.45) is 18.7 Å². The molecule has 32 heavy (non-hydrogen) atoms. The number of hydrogen-bond donors (Lipinski definition) is 1. The Kier molecular flexibility index (Phi) is 5.12. The summed E-state index contributed by atoms with van der Waals surface area (Å²) in [6, 6.07) is 13.4. The second kappa shape index (κ2) is 7.97. The average molecular weight is 433 g/mol. The SMILES string of the molecule is CC1CN(c2cc(=O)n(C)c3ccc(C(N)=O)nc23)CC[C@@H]1Oc1cccc(C2CC2)c1. The summed E-state index contributed by atoms with van der Waals surface area (Å²) in [4.78, 5) is 30.9. The number of benzene rings is 1. The number of nitrogens with zero attached hydrogens (tertiary/aromatic N) is 3. The maximum absolute atomic E-state index is 12.6. The van der Waals surface area contributed by atoms with E-state index < -0.39 is 5.91 Å². The number of carbonyl (C=O) groups is 1. The van der Waals surface area contributed by atoms with Crippen LogP contribution in [0.25, 0.3) is 11.0 Å². The largest absolute Gasteiger partial charge is 0.490 e. The van der Waals surface area contributed by atoms with Crippen LogP contribution in [0.4, 0.5) is 5.69 Å². The van der Waals surface area contributed by atoms with Gasteiger partial charge in [-0.15, -0.1) is 0 Å². The maximum atomic E-state index is 12.6. The number of anilines is 1. The number of nitrogens with two attached hydrogens (primary N) is 1. The molecule has 1 aliphatic heterocycles. The number of carbonyl (C=O) groups excluding carboxylic acids is 1. The summed E-state index contributed by atoms with van der Waals surface area (Å²) in [5.41, 5.74) is 8.95. The molecule has 3 aromatic rings. The third kappa shape index (κ3) is 3.83. The van der Waals surface area contributed by atoms with Crippen LogP contribution >= 0.6 is 0 Å². The summed E-state index contributed by atoms with van der Waals surface area (Å²) in [6.07, 6.45) is 3.48. The second-order valence-electron chi connectivity index (χ2n) is 9.07. The Bertz CT molecular complexity index is 1250. The molecule has 2 N–H and O–H groups in total. The van der Waals surface area contributed by atoms with Gasteiger partial charge in [0.2, 0.25) is 0 Å². The molecule has 2 fully saturated rings. The van der Waals surface area contributed by atoms with E-state index in [1.54, 1.807) is 29.8 Å². The number of pyridine rings is 2. The van der Waals surface area contributed by atoms with Gasteiger partial charge < -0.3 is 19.9 Å². The fourth-order valence-electron chi connectivity index (χ4n) is 4.64. The number of aromatic nitrogens is 2. The first-order chi connectivity index (χ1) is 15.4. The van der Waals surface area contributed by atoms with E-state index in [9.17, 15) is 9.59 Å². The molecule has 2 atom stereocenters. The zero-order valence-corrected chi connectivity index (χ0v) is 18.5. The fourth-order valence-corrected chi connectivity index (χ4v) is 4.64. The molecule has 7 heteroatoms. The van der Waals surface area contributed by atoms with Crippen LogP contribution in [0.2, 0.25) is 0 Å². The van der Waals surface area contributed by atoms with Gasteiger partial charge >= 0.3 is 0 Å². The van der Waals surface area contributed by atoms with Crippen molar-refractivity contribution in [2.75, 3.05) is 18.0 Å². The molecule has 1 aliphatic carbocycles. The van der Waals surface area contributed by atoms with Crippen molar-refractivity contribution in [3.8, 4) is 5.75 Å². The molecule has 0 bridgehead atoms. The first-order valence-corrected chi connectivity index (χ1v) is 11.2. The van der Waals surface area contributed by atoms with Gasteiger partial charge in [0, 0.05) is 38.5 Å². The van der Waals surface area contributed by atoms with Gasteiger partial charge in [0.1, 0.15) is 23.1 Å². The van der Waals surface area contributed by atoms with E-state index >= 15 is 0 Å². The molecule has 1 aromatic carbocycles. The number of rotatable bonds is 5. The van der Waals surface area contributed by atoms with Gasteiger partial charge in [0.05, 0.1) is 11.2 Å². The molecule has 1 saturated heterocycles. The number of ether oxygens (including phenoxy) is 1. The van der Waals surface area contributed by atoms with Crippen molar-refractivity contribution in [3.63, 3.8) is 0 Å². The Morgan fingerprint density at radius 1 is 1.16 bits per heavy atom. The summed E-state index contributed by atoms with van der Waals surface area (Å²) >= 11 is 0. The van der Waals surface area contributed by atoms with Crippen LogP contribution in [-0.4, -0.2) is 34.7 Å². The van der Waals surface area contributed by atoms with Gasteiger partial charge in [-0.3, -0.25) is 9.59 Å². The lowest BCUT2D eigenvalue weighted by molar-refractivity contribution is 0.0996. The number of piperidine rings is 1. The Balaban J connectivity index is 1.39. The molecule has 5 rings (SSSR count). The van der Waals surface area contributed by atoms with E-state index in [2.05, 4.69) is 35.0 Å². The Hall–Kier alpha value is -3.35. The molecular weight excluding hydrogens is 404 g/mol. The lowest BCUT2D eigenvalue weighted by Crippen LogP contribution is -2.45. The quantitative estimate of drug-likeness (QED) is 0.669. The topological polar surface area (TPSA) is 90.5 Å². The summed E-state index contributed by atoms with van der Waals surface area (Å²) in [6.45, 7) is 3.65. The van der Waals surface area contributed by atoms with Crippen LogP contribution in [0.15, 0.2) is 47.3 Å². The van der Waals surface area contributed by atoms with E-state index in [0.29, 0.717) is 17.0 Å². The third-order valence-corrected chi connectivity index (χ3v) is 6.68. The Morgan fingerprint density at radius 2 is 1.97 bits per heavy atom. The average Bonchev–Trinajstić information content (AvgIpc) is 3.63. The van der Waals surface area contributed by atoms with Gasteiger partial charge in [0.25, 0.3) is 11.5 Å². The van der Waals surface area contributed by atoms with Crippen molar-refractivity contribution in [1.82, 2.24) is 9.55 Å². The van der Waals surface area contributed by atoms with E-state index in [1.165, 1.54) is 18.4 Å². The molecule has 1 amide bonds. The first-order valence-electron chi connectivity index (χ1n) is 11.2. The van der Waals surface area contributed by atoms with E-state index in [-0.39, 0.29) is 23.3 Å². The summed E-state index contributed by atoms with van der Waals surface area (Å²) in [7, 11) is 1.71. The minimum atomic E-state index is -0.583. The minimum absolute atomic E-state index is 0.104. The van der Waals surface area contributed by atoms with Crippen LogP contribution in [0, 0.1) is 5.92 Å². The summed E-state index contributed by atoms with van der Waals surface area (Å²) in [5, 5.41) is 0. The molecular formula is C25H28N4O3. The van der Waals surface area contributed by atoms with Crippen LogP contribution in [0.3, 0.4) is 0 Å². The number of amides is 1. The molecule has 166 valence electrons. The van der Waals surface area contributed by atoms with Gasteiger partial charge in [-0.05, 0) is 48.6 Å². The van der Waals surface area contributed by atoms with Gasteiger partial charge in [-0.1, -0.05) is 19.1 Å². The lowest BCUT2D eigenvalue weighted by Gasteiger charge is -2.38. The number of fused-ring (bicyclic) bond motifs is 1. The third-order valence-electron chi connectivity index (χ3n) is 6.68. The fraction of sp³-hybridized carbons (Fsp3) is 0.400. The highest BCUT2D eigenvalue weighted by molar-refractivity contribution is 5.96. The van der Waals surface area contributed by atoms with Crippen LogP contribution in [0.5, 0.6) is 5.75 Å². The zero-order valence-electron chi connectivity index (χ0n) is 18.5. The second-order valence-corrected chi connectivity index (χ2v) is 9.07. The predicted molar refractivity (Wildman–Crippen MR) is 124 cm³/mol. The van der Waals surface area contributed by atoms with Crippen molar-refractivity contribution in [1.29, 1.82) is 0 Å². The minimum Gasteiger partial charge on any atom is -0.490 e. The maximum Gasteiger partial charge on any atom is 0.267 e. The van der Waals surface area contributed by atoms with Crippen molar-refractivity contribution in [2.45, 2.75) is 38.2 Å². The zero-order chi connectivity index (χ0) is 22.4. The van der Waals surface area contributed by atoms with Gasteiger partial charge in [-0.2, -0.15) is 0 Å². The van der Waals surface area contributed by atoms with E-state index in [1.807, 2.05) is 6.07 Å². The normalized spacial score (nSPS) is 21.0. The van der Waals surface area contributed by atoms with Gasteiger partial charge in [0.15, 0.2) is 0 Å². The molecule has 3 heterocycles. The standard InChI is InChI=1S/C25H28N4O3/c1-15-14-29(11-10-22(15)32-18-5-3-4-17(12-18)16-6-7-16)21-13-23(30)28(2)20-9-8-19(25(26)31)27-24(20)21/h3-5,8-9,12-13,15-16,22H,6-7,10-11,14H2,1-2H3,(H2,26,31)/t15?,22-/m0/s1. The molecule has 7 nitrogen and oxygen atoms in total. The summed E-state index contributed by atoms with van der Waals surface area (Å²) in [5.74, 6) is 1.31. The van der Waals surface area contributed by atoms with Crippen molar-refractivity contribution in [3.05, 3.63) is 64.1 Å². The number of aryl methyl sites for hydroxylation is 1. The Morgan fingerprint density at radius 3 is 2.69 bits per heavy atom. The Labute approximate surface area is 186 Å². The molecule has 1 unspecified atom stereocenters. The summed E-state index contributed by atoms with van der Waals surface area (Å²) < 4.78 is 7.93. The monoisotopic (exact) mass is 432 g/mol. The van der Waals surface area contributed by atoms with E-state index in [4.69, 9.17) is 10.5 Å². The molecule has 0 spiro atoms. The molecule has 1 saturated carbocycles. The van der Waals surface area contributed by atoms with Gasteiger partial charge in [-0.25, -0.2) is 4.98 Å². The van der Waals surface area contributed by atoms with Crippen LogP contribution in [0.1, 0.15) is 48.2 Å². The van der Waals surface area contributed by atoms with Crippen LogP contribution < -0.4 is 20.9 Å². The molecule has 0 radical (unpaired) electrons. The van der Waals surface area contributed by atoms with Crippen LogP contribution in [-0.2, 0) is 7.05 Å². The number of primary amides is 1. The number of hydrogen-bond acceptors (Lipinski definition) is 5. The van der Waals surface area contributed by atoms with E-state index in [0.717, 1.165) is 30.9 Å².